The van der Waals surface area contributed by atoms with E-state index >= 15 is 0 Å². The Labute approximate surface area is 129 Å². The van der Waals surface area contributed by atoms with Crippen molar-refractivity contribution in [3.8, 4) is 0 Å². The molecular weight excluding hydrogens is 284 g/mol. The molecule has 2 aromatic rings. The molecule has 3 rings (SSSR count). The van der Waals surface area contributed by atoms with Crippen LogP contribution in [0.4, 0.5) is 5.69 Å². The van der Waals surface area contributed by atoms with Gasteiger partial charge in [0.1, 0.15) is 0 Å². The Morgan fingerprint density at radius 1 is 1.30 bits per heavy atom. The van der Waals surface area contributed by atoms with Crippen molar-refractivity contribution in [1.29, 1.82) is 0 Å². The molecule has 1 saturated carbocycles. The number of nitrogens with zero attached hydrogens (tertiary/aromatic N) is 1. The van der Waals surface area contributed by atoms with Gasteiger partial charge in [0.2, 0.25) is 0 Å². The molecule has 1 aromatic heterocycles. The van der Waals surface area contributed by atoms with E-state index in [0.29, 0.717) is 11.5 Å². The summed E-state index contributed by atoms with van der Waals surface area (Å²) in [5.41, 5.74) is 2.90. The summed E-state index contributed by atoms with van der Waals surface area (Å²) in [4.78, 5) is 4.59. The molecule has 1 fully saturated rings. The van der Waals surface area contributed by atoms with Crippen LogP contribution in [0.3, 0.4) is 0 Å². The summed E-state index contributed by atoms with van der Waals surface area (Å²) in [6.07, 6.45) is 7.29. The van der Waals surface area contributed by atoms with E-state index in [1.54, 1.807) is 23.1 Å². The van der Waals surface area contributed by atoms with E-state index < -0.39 is 0 Å². The van der Waals surface area contributed by atoms with Crippen molar-refractivity contribution in [3.05, 3.63) is 18.2 Å². The van der Waals surface area contributed by atoms with Crippen LogP contribution in [0.5, 0.6) is 0 Å². The lowest BCUT2D eigenvalue weighted by atomic mass is 9.75. The largest absolute Gasteiger partial charge is 0.382 e. The minimum atomic E-state index is 0.535. The van der Waals surface area contributed by atoms with E-state index in [-0.39, 0.29) is 0 Å². The zero-order valence-corrected chi connectivity index (χ0v) is 14.0. The van der Waals surface area contributed by atoms with Gasteiger partial charge in [-0.3, -0.25) is 0 Å². The summed E-state index contributed by atoms with van der Waals surface area (Å²) in [6.45, 7) is 4.77. The molecule has 0 radical (unpaired) electrons. The van der Waals surface area contributed by atoms with Crippen LogP contribution >= 0.6 is 23.1 Å². The number of nitrogens with one attached hydrogen (secondary N) is 1. The van der Waals surface area contributed by atoms with Crippen LogP contribution < -0.4 is 5.32 Å². The maximum Gasteiger partial charge on any atom is 0.150 e. The summed E-state index contributed by atoms with van der Waals surface area (Å²) < 4.78 is 2.44. The number of fused-ring (bicyclic) bond motifs is 1. The van der Waals surface area contributed by atoms with E-state index in [9.17, 15) is 0 Å². The Bertz CT molecular complexity index is 594. The van der Waals surface area contributed by atoms with Crippen LogP contribution in [0, 0.1) is 5.41 Å². The molecule has 1 aromatic carbocycles. The van der Waals surface area contributed by atoms with Gasteiger partial charge in [0.15, 0.2) is 4.34 Å². The van der Waals surface area contributed by atoms with Crippen LogP contribution in [0.15, 0.2) is 22.5 Å². The van der Waals surface area contributed by atoms with Gasteiger partial charge < -0.3 is 5.32 Å². The molecular formula is C16H22N2S2. The van der Waals surface area contributed by atoms with Crippen molar-refractivity contribution in [2.75, 3.05) is 11.6 Å². The summed E-state index contributed by atoms with van der Waals surface area (Å²) in [5, 5.41) is 3.71. The quantitative estimate of drug-likeness (QED) is 0.769. The number of thiazole rings is 1. The van der Waals surface area contributed by atoms with Crippen LogP contribution in [-0.4, -0.2) is 17.3 Å². The maximum atomic E-state index is 4.59. The molecule has 0 bridgehead atoms. The molecule has 2 nitrogen and oxygen atoms in total. The van der Waals surface area contributed by atoms with Gasteiger partial charge in [-0.25, -0.2) is 4.98 Å². The summed E-state index contributed by atoms with van der Waals surface area (Å²) in [5.74, 6) is 0. The van der Waals surface area contributed by atoms with Crippen molar-refractivity contribution < 1.29 is 0 Å². The molecule has 0 spiro atoms. The van der Waals surface area contributed by atoms with Gasteiger partial charge in [0.05, 0.1) is 10.2 Å². The summed E-state index contributed by atoms with van der Waals surface area (Å²) >= 11 is 3.51. The molecule has 0 aliphatic heterocycles. The van der Waals surface area contributed by atoms with Gasteiger partial charge in [0, 0.05) is 11.7 Å². The fraction of sp³-hybridized carbons (Fsp3) is 0.562. The highest BCUT2D eigenvalue weighted by Gasteiger charge is 2.26. The van der Waals surface area contributed by atoms with Gasteiger partial charge in [0.25, 0.3) is 0 Å². The third-order valence-corrected chi connectivity index (χ3v) is 6.26. The second-order valence-electron chi connectivity index (χ2n) is 6.45. The Kier molecular flexibility index (Phi) is 3.95. The lowest BCUT2D eigenvalue weighted by molar-refractivity contribution is 0.232. The fourth-order valence-electron chi connectivity index (χ4n) is 2.86. The standard InChI is InChI=1S/C16H22N2S2/c1-16(2)8-6-11(7-9-16)17-12-4-5-13-14(10-12)20-15(18-13)19-3/h4-5,10-11,17H,6-9H2,1-3H3. The van der Waals surface area contributed by atoms with Gasteiger partial charge >= 0.3 is 0 Å². The minimum absolute atomic E-state index is 0.535. The van der Waals surface area contributed by atoms with Crippen LogP contribution in [0.25, 0.3) is 10.2 Å². The second-order valence-corrected chi connectivity index (χ2v) is 8.53. The zero-order chi connectivity index (χ0) is 14.2. The van der Waals surface area contributed by atoms with Gasteiger partial charge in [-0.2, -0.15) is 0 Å². The van der Waals surface area contributed by atoms with Gasteiger partial charge in [-0.15, -0.1) is 11.3 Å². The SMILES string of the molecule is CSc1nc2ccc(NC3CCC(C)(C)CC3)cc2s1. The van der Waals surface area contributed by atoms with E-state index in [1.807, 2.05) is 0 Å². The minimum Gasteiger partial charge on any atom is -0.382 e. The fourth-order valence-corrected chi connectivity index (χ4v) is 4.39. The smallest absolute Gasteiger partial charge is 0.150 e. The first-order valence-corrected chi connectivity index (χ1v) is 9.31. The number of hydrogen-bond donors (Lipinski definition) is 1. The predicted molar refractivity (Wildman–Crippen MR) is 91.1 cm³/mol. The van der Waals surface area contributed by atoms with E-state index in [1.165, 1.54) is 36.1 Å². The second kappa shape index (κ2) is 5.57. The maximum absolute atomic E-state index is 4.59. The highest BCUT2D eigenvalue weighted by molar-refractivity contribution is 8.00. The van der Waals surface area contributed by atoms with Crippen LogP contribution in [0.1, 0.15) is 39.5 Å². The van der Waals surface area contributed by atoms with Crippen molar-refractivity contribution in [2.24, 2.45) is 5.41 Å². The molecule has 20 heavy (non-hydrogen) atoms. The Morgan fingerprint density at radius 3 is 2.75 bits per heavy atom. The summed E-state index contributed by atoms with van der Waals surface area (Å²) in [6, 6.07) is 7.20. The Morgan fingerprint density at radius 2 is 2.05 bits per heavy atom. The number of rotatable bonds is 3. The normalized spacial score (nSPS) is 19.4. The molecule has 1 aliphatic rings. The first kappa shape index (κ1) is 14.2. The summed E-state index contributed by atoms with van der Waals surface area (Å²) in [7, 11) is 0. The molecule has 108 valence electrons. The van der Waals surface area contributed by atoms with Crippen molar-refractivity contribution in [3.63, 3.8) is 0 Å². The van der Waals surface area contributed by atoms with E-state index in [0.717, 1.165) is 9.86 Å². The molecule has 1 aliphatic carbocycles. The molecule has 1 N–H and O–H groups in total. The van der Waals surface area contributed by atoms with Gasteiger partial charge in [-0.1, -0.05) is 25.6 Å². The lowest BCUT2D eigenvalue weighted by Crippen LogP contribution is -2.29. The van der Waals surface area contributed by atoms with Crippen molar-refractivity contribution >= 4 is 39.0 Å². The molecule has 4 heteroatoms. The van der Waals surface area contributed by atoms with Crippen molar-refractivity contribution in [1.82, 2.24) is 4.98 Å². The molecule has 0 unspecified atom stereocenters. The first-order valence-electron chi connectivity index (χ1n) is 7.27. The van der Waals surface area contributed by atoms with E-state index in [4.69, 9.17) is 0 Å². The Balaban J connectivity index is 1.71. The first-order chi connectivity index (χ1) is 9.55. The third kappa shape index (κ3) is 3.12. The molecule has 0 atom stereocenters. The number of hydrogen-bond acceptors (Lipinski definition) is 4. The van der Waals surface area contributed by atoms with Crippen molar-refractivity contribution in [2.45, 2.75) is 49.9 Å². The highest BCUT2D eigenvalue weighted by atomic mass is 32.2. The topological polar surface area (TPSA) is 24.9 Å². The number of anilines is 1. The third-order valence-electron chi connectivity index (χ3n) is 4.25. The van der Waals surface area contributed by atoms with Crippen LogP contribution in [0.2, 0.25) is 0 Å². The molecule has 1 heterocycles. The monoisotopic (exact) mass is 306 g/mol. The zero-order valence-electron chi connectivity index (χ0n) is 12.4. The average molecular weight is 306 g/mol. The number of aromatic nitrogens is 1. The predicted octanol–water partition coefficient (Wildman–Crippen LogP) is 5.40. The highest BCUT2D eigenvalue weighted by Crippen LogP contribution is 2.36. The number of thioether (sulfide) groups is 1. The van der Waals surface area contributed by atoms with Gasteiger partial charge in [-0.05, 0) is 55.6 Å². The number of benzene rings is 1. The Hall–Kier alpha value is -0.740. The average Bonchev–Trinajstić information content (AvgIpc) is 2.83. The van der Waals surface area contributed by atoms with Crippen LogP contribution in [-0.2, 0) is 0 Å². The molecule has 0 saturated heterocycles. The molecule has 0 amide bonds. The van der Waals surface area contributed by atoms with E-state index in [2.05, 4.69) is 48.6 Å². The lowest BCUT2D eigenvalue weighted by Gasteiger charge is -2.35.